The predicted octanol–water partition coefficient (Wildman–Crippen LogP) is 3.75. The van der Waals surface area contributed by atoms with Gasteiger partial charge in [0.2, 0.25) is 0 Å². The van der Waals surface area contributed by atoms with Crippen molar-refractivity contribution in [1.29, 1.82) is 0 Å². The summed E-state index contributed by atoms with van der Waals surface area (Å²) in [6.45, 7) is 0. The molecule has 0 heterocycles. The molecule has 0 radical (unpaired) electrons. The molecule has 1 saturated carbocycles. The molecular weight excluding hydrogens is 220 g/mol. The zero-order valence-corrected chi connectivity index (χ0v) is 9.76. The van der Waals surface area contributed by atoms with Crippen molar-refractivity contribution in [3.05, 3.63) is 40.4 Å². The van der Waals surface area contributed by atoms with E-state index in [1.165, 1.54) is 5.56 Å². The van der Waals surface area contributed by atoms with Gasteiger partial charge in [-0.1, -0.05) is 35.9 Å². The molecule has 1 atom stereocenters. The molecule has 0 aromatic heterocycles. The molecular formula is C14H13ClO. The van der Waals surface area contributed by atoms with Crippen LogP contribution in [0.15, 0.2) is 24.3 Å². The van der Waals surface area contributed by atoms with Gasteiger partial charge in [0, 0.05) is 23.3 Å². The number of rotatable bonds is 0. The molecule has 0 N–H and O–H groups in total. The number of benzene rings is 1. The molecule has 1 aromatic rings. The number of hydrogen-bond donors (Lipinski definition) is 0. The van der Waals surface area contributed by atoms with E-state index in [1.807, 2.05) is 12.1 Å². The summed E-state index contributed by atoms with van der Waals surface area (Å²) in [6.07, 6.45) is 7.72. The number of carbonyl (C=O) groups excluding carboxylic acids is 1. The Labute approximate surface area is 100 Å². The van der Waals surface area contributed by atoms with Gasteiger partial charge in [0.25, 0.3) is 0 Å². The summed E-state index contributed by atoms with van der Waals surface area (Å²) in [4.78, 5) is 11.7. The van der Waals surface area contributed by atoms with Crippen LogP contribution in [0, 0.1) is 0 Å². The lowest BCUT2D eigenvalue weighted by Crippen LogP contribution is -2.29. The van der Waals surface area contributed by atoms with Gasteiger partial charge in [0.1, 0.15) is 5.78 Å². The molecule has 0 saturated heterocycles. The van der Waals surface area contributed by atoms with Crippen molar-refractivity contribution in [3.63, 3.8) is 0 Å². The van der Waals surface area contributed by atoms with Gasteiger partial charge >= 0.3 is 0 Å². The predicted molar refractivity (Wildman–Crippen MR) is 65.6 cm³/mol. The topological polar surface area (TPSA) is 17.1 Å². The highest BCUT2D eigenvalue weighted by molar-refractivity contribution is 6.32. The van der Waals surface area contributed by atoms with Crippen LogP contribution in [0.1, 0.15) is 36.8 Å². The van der Waals surface area contributed by atoms with Crippen molar-refractivity contribution < 1.29 is 4.79 Å². The van der Waals surface area contributed by atoms with E-state index in [1.54, 1.807) is 0 Å². The van der Waals surface area contributed by atoms with Gasteiger partial charge in [-0.05, 0) is 30.0 Å². The smallest absolute Gasteiger partial charge is 0.134 e. The molecule has 0 bridgehead atoms. The third kappa shape index (κ3) is 1.35. The van der Waals surface area contributed by atoms with Crippen LogP contribution in [-0.2, 0) is 10.2 Å². The fraction of sp³-hybridized carbons (Fsp3) is 0.357. The van der Waals surface area contributed by atoms with Crippen molar-refractivity contribution in [2.45, 2.75) is 31.1 Å². The number of allylic oxidation sites excluding steroid dienone is 1. The van der Waals surface area contributed by atoms with Crippen molar-refractivity contribution in [3.8, 4) is 0 Å². The average molecular weight is 233 g/mol. The number of halogens is 1. The first-order valence-corrected chi connectivity index (χ1v) is 6.09. The van der Waals surface area contributed by atoms with E-state index in [-0.39, 0.29) is 5.41 Å². The molecule has 2 aliphatic carbocycles. The van der Waals surface area contributed by atoms with E-state index in [0.29, 0.717) is 12.2 Å². The first-order valence-electron chi connectivity index (χ1n) is 5.71. The summed E-state index contributed by atoms with van der Waals surface area (Å²) in [5, 5.41) is 0.795. The van der Waals surface area contributed by atoms with Crippen LogP contribution in [0.4, 0.5) is 0 Å². The van der Waals surface area contributed by atoms with Crippen molar-refractivity contribution in [1.82, 2.24) is 0 Å². The molecule has 1 fully saturated rings. The normalized spacial score (nSPS) is 27.4. The average Bonchev–Trinajstić information content (AvgIpc) is 2.59. The number of Topliss-reactive ketones (excluding diaryl/α,β-unsaturated/α-hetero) is 1. The highest BCUT2D eigenvalue weighted by Crippen LogP contribution is 2.46. The van der Waals surface area contributed by atoms with Crippen LogP contribution in [0.5, 0.6) is 0 Å². The lowest BCUT2D eigenvalue weighted by molar-refractivity contribution is -0.121. The first kappa shape index (κ1) is 10.1. The molecule has 1 nitrogen and oxygen atoms in total. The SMILES string of the molecule is O=C1CCCC2(C=Cc3c(Cl)cccc32)C1. The summed E-state index contributed by atoms with van der Waals surface area (Å²) in [6, 6.07) is 6.00. The summed E-state index contributed by atoms with van der Waals surface area (Å²) in [7, 11) is 0. The molecule has 3 rings (SSSR count). The molecule has 0 aliphatic heterocycles. The minimum Gasteiger partial charge on any atom is -0.300 e. The van der Waals surface area contributed by atoms with Gasteiger partial charge in [-0.25, -0.2) is 0 Å². The fourth-order valence-electron chi connectivity index (χ4n) is 2.97. The van der Waals surface area contributed by atoms with E-state index < -0.39 is 0 Å². The van der Waals surface area contributed by atoms with Gasteiger partial charge in [-0.2, -0.15) is 0 Å². The number of hydrogen-bond acceptors (Lipinski definition) is 1. The molecule has 2 aliphatic rings. The monoisotopic (exact) mass is 232 g/mol. The first-order chi connectivity index (χ1) is 7.71. The van der Waals surface area contributed by atoms with Crippen LogP contribution >= 0.6 is 11.6 Å². The maximum atomic E-state index is 11.7. The van der Waals surface area contributed by atoms with E-state index >= 15 is 0 Å². The molecule has 2 heteroatoms. The largest absolute Gasteiger partial charge is 0.300 e. The minimum absolute atomic E-state index is 0.0461. The molecule has 1 aromatic carbocycles. The van der Waals surface area contributed by atoms with E-state index in [4.69, 9.17) is 11.6 Å². The van der Waals surface area contributed by atoms with Crippen LogP contribution < -0.4 is 0 Å². The summed E-state index contributed by atoms with van der Waals surface area (Å²) in [5.74, 6) is 0.378. The number of fused-ring (bicyclic) bond motifs is 2. The Morgan fingerprint density at radius 2 is 2.19 bits per heavy atom. The number of ketones is 1. The standard InChI is InChI=1S/C14H13ClO/c15-13-5-1-4-12-11(13)6-8-14(12)7-2-3-10(16)9-14/h1,4-6,8H,2-3,7,9H2. The van der Waals surface area contributed by atoms with Crippen molar-refractivity contribution >= 4 is 23.5 Å². The third-order valence-electron chi connectivity index (χ3n) is 3.75. The van der Waals surface area contributed by atoms with Gasteiger partial charge in [-0.15, -0.1) is 0 Å². The van der Waals surface area contributed by atoms with Crippen LogP contribution in [0.3, 0.4) is 0 Å². The lowest BCUT2D eigenvalue weighted by Gasteiger charge is -2.32. The maximum Gasteiger partial charge on any atom is 0.134 e. The van der Waals surface area contributed by atoms with Gasteiger partial charge in [0.05, 0.1) is 0 Å². The van der Waals surface area contributed by atoms with Gasteiger partial charge < -0.3 is 0 Å². The summed E-state index contributed by atoms with van der Waals surface area (Å²) in [5.41, 5.74) is 2.31. The van der Waals surface area contributed by atoms with Gasteiger partial charge in [-0.3, -0.25) is 4.79 Å². The second-order valence-corrected chi connectivity index (χ2v) is 5.17. The number of carbonyl (C=O) groups is 1. The van der Waals surface area contributed by atoms with Crippen LogP contribution in [-0.4, -0.2) is 5.78 Å². The maximum absolute atomic E-state index is 11.7. The van der Waals surface area contributed by atoms with E-state index in [2.05, 4.69) is 18.2 Å². The Hall–Kier alpha value is -1.08. The van der Waals surface area contributed by atoms with Crippen molar-refractivity contribution in [2.24, 2.45) is 0 Å². The Morgan fingerprint density at radius 3 is 3.00 bits per heavy atom. The molecule has 1 spiro atoms. The molecule has 82 valence electrons. The molecule has 16 heavy (non-hydrogen) atoms. The summed E-state index contributed by atoms with van der Waals surface area (Å²) >= 11 is 6.17. The Balaban J connectivity index is 2.11. The molecule has 0 amide bonds. The van der Waals surface area contributed by atoms with Gasteiger partial charge in [0.15, 0.2) is 0 Å². The second kappa shape index (κ2) is 3.46. The zero-order chi connectivity index (χ0) is 11.2. The zero-order valence-electron chi connectivity index (χ0n) is 9.00. The van der Waals surface area contributed by atoms with Crippen LogP contribution in [0.2, 0.25) is 5.02 Å². The highest BCUT2D eigenvalue weighted by atomic mass is 35.5. The van der Waals surface area contributed by atoms with Crippen molar-refractivity contribution in [2.75, 3.05) is 0 Å². The Bertz CT molecular complexity index is 490. The molecule has 1 unspecified atom stereocenters. The van der Waals surface area contributed by atoms with E-state index in [0.717, 1.165) is 29.8 Å². The Kier molecular flexibility index (Phi) is 2.18. The van der Waals surface area contributed by atoms with E-state index in [9.17, 15) is 4.79 Å². The van der Waals surface area contributed by atoms with Crippen LogP contribution in [0.25, 0.3) is 6.08 Å². The second-order valence-electron chi connectivity index (χ2n) is 4.76. The fourth-order valence-corrected chi connectivity index (χ4v) is 3.21. The minimum atomic E-state index is -0.0461. The highest BCUT2D eigenvalue weighted by Gasteiger charge is 2.39. The third-order valence-corrected chi connectivity index (χ3v) is 4.08. The lowest BCUT2D eigenvalue weighted by atomic mass is 9.70. The summed E-state index contributed by atoms with van der Waals surface area (Å²) < 4.78 is 0. The quantitative estimate of drug-likeness (QED) is 0.666. The Morgan fingerprint density at radius 1 is 1.31 bits per heavy atom.